The minimum Gasteiger partial charge on any atom is -0.504 e. The third-order valence-electron chi connectivity index (χ3n) is 5.91. The number of nitrogen functional groups attached to an aromatic ring is 1. The molecule has 1 atom stereocenters. The van der Waals surface area contributed by atoms with E-state index in [4.69, 9.17) is 24.7 Å². The van der Waals surface area contributed by atoms with Crippen LogP contribution in [0.25, 0.3) is 0 Å². The summed E-state index contributed by atoms with van der Waals surface area (Å²) in [6, 6.07) is 16.6. The molecule has 0 saturated heterocycles. The van der Waals surface area contributed by atoms with Gasteiger partial charge in [-0.3, -0.25) is 10.1 Å². The van der Waals surface area contributed by atoms with E-state index < -0.39 is 23.5 Å². The lowest BCUT2D eigenvalue weighted by Crippen LogP contribution is -2.28. The van der Waals surface area contributed by atoms with Gasteiger partial charge in [-0.1, -0.05) is 38.1 Å². The molecule has 0 unspecified atom stereocenters. The average Bonchev–Trinajstić information content (AvgIpc) is 3.35. The summed E-state index contributed by atoms with van der Waals surface area (Å²) >= 11 is 0. The van der Waals surface area contributed by atoms with Crippen molar-refractivity contribution < 1.29 is 33.6 Å². The molecule has 38 heavy (non-hydrogen) atoms. The van der Waals surface area contributed by atoms with Gasteiger partial charge in [-0.2, -0.15) is 0 Å². The number of hydrogen-bond acceptors (Lipinski definition) is 8. The molecule has 10 nitrogen and oxygen atoms in total. The molecule has 10 heteroatoms. The first-order valence-electron chi connectivity index (χ1n) is 11.7. The Morgan fingerprint density at radius 3 is 2.55 bits per heavy atom. The molecule has 0 bridgehead atoms. The molecular formula is C28H29N3O7. The molecule has 4 rings (SSSR count). The number of benzene rings is 3. The number of ether oxygens (including phenoxy) is 4. The summed E-state index contributed by atoms with van der Waals surface area (Å²) < 4.78 is 21.6. The zero-order valence-corrected chi connectivity index (χ0v) is 21.2. The van der Waals surface area contributed by atoms with E-state index in [9.17, 15) is 14.7 Å². The van der Waals surface area contributed by atoms with Crippen molar-refractivity contribution in [2.45, 2.75) is 20.0 Å². The Balaban J connectivity index is 1.55. The molecule has 5 N–H and O–H groups in total. The van der Waals surface area contributed by atoms with Gasteiger partial charge >= 0.3 is 6.09 Å². The number of aromatic hydroxyl groups is 1. The van der Waals surface area contributed by atoms with Crippen LogP contribution in [0, 0.1) is 5.41 Å². The highest BCUT2D eigenvalue weighted by atomic mass is 16.7. The predicted octanol–water partition coefficient (Wildman–Crippen LogP) is 5.22. The van der Waals surface area contributed by atoms with Crippen molar-refractivity contribution in [3.8, 4) is 23.0 Å². The number of phenolic OH excluding ortho intramolecular Hbond substituents is 1. The maximum Gasteiger partial charge on any atom is 0.412 e. The van der Waals surface area contributed by atoms with Crippen molar-refractivity contribution in [1.82, 2.24) is 0 Å². The molecule has 0 saturated carbocycles. The molecule has 0 aliphatic carbocycles. The Bertz CT molecular complexity index is 1370. The van der Waals surface area contributed by atoms with Crippen LogP contribution in [0.5, 0.6) is 23.0 Å². The lowest BCUT2D eigenvalue weighted by atomic mass is 9.82. The lowest BCUT2D eigenvalue weighted by Gasteiger charge is -2.32. The number of methoxy groups -OCH3 is 1. The molecule has 198 valence electrons. The molecule has 0 radical (unpaired) electrons. The van der Waals surface area contributed by atoms with Crippen LogP contribution in [-0.2, 0) is 9.53 Å². The molecule has 1 aliphatic rings. The van der Waals surface area contributed by atoms with E-state index in [0.29, 0.717) is 34.1 Å². The SMILES string of the molecule is COc1ccc([C@H](OC(=O)Nc2ccc3c(c2)OCO3)C(C)(C)/C=C/C(=O)Nc2ccccc2N)cc1O. The van der Waals surface area contributed by atoms with Gasteiger partial charge in [-0.05, 0) is 48.0 Å². The second-order valence-corrected chi connectivity index (χ2v) is 9.14. The molecule has 3 aromatic carbocycles. The zero-order chi connectivity index (χ0) is 27.3. The van der Waals surface area contributed by atoms with E-state index in [1.165, 1.54) is 19.3 Å². The van der Waals surface area contributed by atoms with Gasteiger partial charge in [0.2, 0.25) is 12.7 Å². The fourth-order valence-electron chi connectivity index (χ4n) is 3.91. The Morgan fingerprint density at radius 1 is 1.05 bits per heavy atom. The highest BCUT2D eigenvalue weighted by molar-refractivity contribution is 6.01. The van der Waals surface area contributed by atoms with Gasteiger partial charge in [0.25, 0.3) is 0 Å². The number of anilines is 3. The monoisotopic (exact) mass is 519 g/mol. The highest BCUT2D eigenvalue weighted by Crippen LogP contribution is 2.41. The number of rotatable bonds is 8. The van der Waals surface area contributed by atoms with Crippen LogP contribution in [0.3, 0.4) is 0 Å². The van der Waals surface area contributed by atoms with Gasteiger partial charge < -0.3 is 35.1 Å². The first kappa shape index (κ1) is 26.2. The smallest absolute Gasteiger partial charge is 0.412 e. The fourth-order valence-corrected chi connectivity index (χ4v) is 3.91. The molecule has 2 amide bonds. The van der Waals surface area contributed by atoms with E-state index in [-0.39, 0.29) is 18.3 Å². The van der Waals surface area contributed by atoms with E-state index in [0.717, 1.165) is 0 Å². The molecule has 0 aromatic heterocycles. The molecule has 1 aliphatic heterocycles. The Kier molecular flexibility index (Phi) is 7.61. The van der Waals surface area contributed by atoms with Crippen molar-refractivity contribution >= 4 is 29.1 Å². The number of para-hydroxylation sites is 2. The first-order chi connectivity index (χ1) is 18.2. The van der Waals surface area contributed by atoms with Crippen LogP contribution in [0.1, 0.15) is 25.5 Å². The third kappa shape index (κ3) is 6.09. The summed E-state index contributed by atoms with van der Waals surface area (Å²) in [5.41, 5.74) is 6.87. The van der Waals surface area contributed by atoms with E-state index >= 15 is 0 Å². The largest absolute Gasteiger partial charge is 0.504 e. The van der Waals surface area contributed by atoms with Gasteiger partial charge in [0, 0.05) is 17.2 Å². The van der Waals surface area contributed by atoms with Gasteiger partial charge in [0.1, 0.15) is 6.10 Å². The summed E-state index contributed by atoms with van der Waals surface area (Å²) in [6.45, 7) is 3.71. The van der Waals surface area contributed by atoms with Crippen LogP contribution in [0.4, 0.5) is 21.9 Å². The van der Waals surface area contributed by atoms with Crippen molar-refractivity contribution in [3.05, 3.63) is 78.4 Å². The van der Waals surface area contributed by atoms with E-state index in [1.54, 1.807) is 74.5 Å². The number of nitrogens with one attached hydrogen (secondary N) is 2. The standard InChI is InChI=1S/C28H29N3O7/c1-28(2,13-12-25(33)31-20-7-5-4-6-19(20)29)26(17-8-10-22(35-3)21(32)14-17)38-27(34)30-18-9-11-23-24(15-18)37-16-36-23/h4-15,26,32H,16,29H2,1-3H3,(H,30,34)(H,31,33)/b13-12+/t26-/m0/s1. The average molecular weight is 520 g/mol. The lowest BCUT2D eigenvalue weighted by molar-refractivity contribution is -0.112. The number of carbonyl (C=O) groups is 2. The molecule has 0 fully saturated rings. The molecule has 1 heterocycles. The van der Waals surface area contributed by atoms with Crippen molar-refractivity contribution in [3.63, 3.8) is 0 Å². The molecular weight excluding hydrogens is 490 g/mol. The summed E-state index contributed by atoms with van der Waals surface area (Å²) in [7, 11) is 1.44. The number of carbonyl (C=O) groups excluding carboxylic acids is 2. The quantitative estimate of drug-likeness (QED) is 0.234. The number of amides is 2. The second-order valence-electron chi connectivity index (χ2n) is 9.14. The van der Waals surface area contributed by atoms with Crippen LogP contribution in [0.15, 0.2) is 72.8 Å². The number of nitrogens with two attached hydrogens (primary N) is 1. The predicted molar refractivity (Wildman–Crippen MR) is 142 cm³/mol. The van der Waals surface area contributed by atoms with E-state index in [1.807, 2.05) is 0 Å². The fraction of sp³-hybridized carbons (Fsp3) is 0.214. The van der Waals surface area contributed by atoms with Gasteiger partial charge in [-0.25, -0.2) is 4.79 Å². The highest BCUT2D eigenvalue weighted by Gasteiger charge is 2.33. The van der Waals surface area contributed by atoms with Gasteiger partial charge in [0.15, 0.2) is 23.0 Å². The van der Waals surface area contributed by atoms with Crippen molar-refractivity contribution in [2.75, 3.05) is 30.3 Å². The Labute approximate surface area is 220 Å². The first-order valence-corrected chi connectivity index (χ1v) is 11.7. The molecule has 0 spiro atoms. The van der Waals surface area contributed by atoms with Crippen LogP contribution < -0.4 is 30.6 Å². The maximum atomic E-state index is 13.0. The summed E-state index contributed by atoms with van der Waals surface area (Å²) in [5.74, 6) is 0.833. The van der Waals surface area contributed by atoms with Crippen molar-refractivity contribution in [2.24, 2.45) is 5.41 Å². The van der Waals surface area contributed by atoms with E-state index in [2.05, 4.69) is 10.6 Å². The number of fused-ring (bicyclic) bond motifs is 1. The third-order valence-corrected chi connectivity index (χ3v) is 5.91. The van der Waals surface area contributed by atoms with Crippen LogP contribution >= 0.6 is 0 Å². The summed E-state index contributed by atoms with van der Waals surface area (Å²) in [6.07, 6.45) is 1.33. The Hall–Kier alpha value is -4.86. The number of hydrogen-bond donors (Lipinski definition) is 4. The minimum absolute atomic E-state index is 0.108. The van der Waals surface area contributed by atoms with Crippen molar-refractivity contribution in [1.29, 1.82) is 0 Å². The second kappa shape index (κ2) is 11.0. The maximum absolute atomic E-state index is 13.0. The summed E-state index contributed by atoms with van der Waals surface area (Å²) in [5, 5.41) is 15.8. The normalized spacial score (nSPS) is 13.1. The molecule has 3 aromatic rings. The minimum atomic E-state index is -0.904. The summed E-state index contributed by atoms with van der Waals surface area (Å²) in [4.78, 5) is 25.6. The van der Waals surface area contributed by atoms with Gasteiger partial charge in [-0.15, -0.1) is 0 Å². The Morgan fingerprint density at radius 2 is 1.82 bits per heavy atom. The topological polar surface area (TPSA) is 141 Å². The van der Waals surface area contributed by atoms with Crippen LogP contribution in [-0.4, -0.2) is 31.0 Å². The zero-order valence-electron chi connectivity index (χ0n) is 21.2. The van der Waals surface area contributed by atoms with Gasteiger partial charge in [0.05, 0.1) is 18.5 Å². The van der Waals surface area contributed by atoms with Crippen LogP contribution in [0.2, 0.25) is 0 Å². The number of phenols is 1.